The van der Waals surface area contributed by atoms with Crippen molar-refractivity contribution in [1.29, 1.82) is 0 Å². The second-order valence-electron chi connectivity index (χ2n) is 12.8. The van der Waals surface area contributed by atoms with Gasteiger partial charge < -0.3 is 27.9 Å². The number of phosphoric acid groups is 1. The fraction of sp³-hybridized carbons (Fsp3) is 0.684. The third-order valence-electron chi connectivity index (χ3n) is 7.04. The molecule has 0 aliphatic carbocycles. The van der Waals surface area contributed by atoms with Crippen LogP contribution in [0.4, 0.5) is 0 Å². The average molecular weight is 696 g/mol. The molecule has 0 aromatic rings. The predicted octanol–water partition coefficient (Wildman–Crippen LogP) is 8.71. The Hall–Kier alpha value is -2.29. The number of nitrogens with zero attached hydrogens (tertiary/aromatic N) is 1. The molecule has 0 N–H and O–H groups in total. The zero-order valence-electron chi connectivity index (χ0n) is 30.7. The summed E-state index contributed by atoms with van der Waals surface area (Å²) in [4.78, 5) is 37.2. The lowest BCUT2D eigenvalue weighted by Crippen LogP contribution is -2.37. The fourth-order valence-electron chi connectivity index (χ4n) is 4.18. The molecule has 0 rings (SSSR count). The summed E-state index contributed by atoms with van der Waals surface area (Å²) in [7, 11) is 1.10. The number of carbonyl (C=O) groups excluding carboxylic acids is 2. The molecule has 10 heteroatoms. The SMILES string of the molecule is CC/C=C\C/C=C\C/C=C\C/C=C\CCC(=O)OC(COC(=O)CCCCCCC/C=C\CCCC)COP(=O)([O-])OCC[N+](C)(C)C. The molecular weight excluding hydrogens is 629 g/mol. The summed E-state index contributed by atoms with van der Waals surface area (Å²) in [6.07, 6.45) is 34.2. The van der Waals surface area contributed by atoms with E-state index in [-0.39, 0.29) is 26.1 Å². The molecule has 0 heterocycles. The fourth-order valence-corrected chi connectivity index (χ4v) is 4.90. The van der Waals surface area contributed by atoms with Gasteiger partial charge in [0.25, 0.3) is 7.82 Å². The lowest BCUT2D eigenvalue weighted by molar-refractivity contribution is -0.870. The number of phosphoric ester groups is 1. The van der Waals surface area contributed by atoms with E-state index in [1.54, 1.807) is 0 Å². The van der Waals surface area contributed by atoms with Crippen LogP contribution in [-0.4, -0.2) is 70.0 Å². The first-order valence-corrected chi connectivity index (χ1v) is 19.5. The van der Waals surface area contributed by atoms with Gasteiger partial charge in [-0.2, -0.15) is 0 Å². The third kappa shape index (κ3) is 33.6. The molecule has 0 aliphatic heterocycles. The maximum absolute atomic E-state index is 12.5. The van der Waals surface area contributed by atoms with Crippen LogP contribution in [0, 0.1) is 0 Å². The minimum atomic E-state index is -4.64. The van der Waals surface area contributed by atoms with E-state index in [2.05, 4.69) is 62.5 Å². The number of allylic oxidation sites excluding steroid dienone is 10. The second-order valence-corrected chi connectivity index (χ2v) is 14.3. The van der Waals surface area contributed by atoms with Crippen LogP contribution in [0.25, 0.3) is 0 Å². The molecule has 9 nitrogen and oxygen atoms in total. The molecule has 0 spiro atoms. The molecule has 0 saturated heterocycles. The summed E-state index contributed by atoms with van der Waals surface area (Å²) in [5.74, 6) is -0.951. The number of unbranched alkanes of at least 4 members (excludes halogenated alkanes) is 7. The molecule has 0 amide bonds. The minimum Gasteiger partial charge on any atom is -0.756 e. The van der Waals surface area contributed by atoms with Gasteiger partial charge in [0.15, 0.2) is 6.10 Å². The Bertz CT molecular complexity index is 1010. The Morgan fingerprint density at radius 3 is 1.85 bits per heavy atom. The molecule has 0 saturated carbocycles. The highest BCUT2D eigenvalue weighted by molar-refractivity contribution is 7.45. The van der Waals surface area contributed by atoms with E-state index in [9.17, 15) is 19.0 Å². The van der Waals surface area contributed by atoms with Gasteiger partial charge in [-0.15, -0.1) is 0 Å². The molecule has 2 atom stereocenters. The molecule has 0 aliphatic rings. The van der Waals surface area contributed by atoms with E-state index in [4.69, 9.17) is 18.5 Å². The van der Waals surface area contributed by atoms with Crippen molar-refractivity contribution in [1.82, 2.24) is 0 Å². The van der Waals surface area contributed by atoms with Crippen LogP contribution in [0.2, 0.25) is 0 Å². The number of quaternary nitrogens is 1. The normalized spacial score (nSPS) is 14.5. The summed E-state index contributed by atoms with van der Waals surface area (Å²) in [5, 5.41) is 0. The number of hydrogen-bond donors (Lipinski definition) is 0. The second kappa shape index (κ2) is 30.7. The summed E-state index contributed by atoms with van der Waals surface area (Å²) in [5.41, 5.74) is 0. The van der Waals surface area contributed by atoms with E-state index in [0.29, 0.717) is 23.9 Å². The molecule has 0 aromatic heterocycles. The Balaban J connectivity index is 4.62. The standard InChI is InChI=1S/C38H66NO8P/c1-6-8-10-12-14-16-18-19-21-23-25-27-29-31-38(41)47-36(35-46-48(42,43)45-33-32-39(3,4)5)34-44-37(40)30-28-26-24-22-20-17-15-13-11-9-7-2/h8,10,13-16,19,21,25,27,36H,6-7,9,11-12,17-18,20,22-24,26,28-35H2,1-5H3/b10-8-,15-13-,16-14-,21-19-,27-25-. The van der Waals surface area contributed by atoms with Crippen molar-refractivity contribution < 1.29 is 42.1 Å². The van der Waals surface area contributed by atoms with Gasteiger partial charge in [0.05, 0.1) is 27.7 Å². The quantitative estimate of drug-likeness (QED) is 0.0233. The molecule has 0 bridgehead atoms. The van der Waals surface area contributed by atoms with Gasteiger partial charge >= 0.3 is 11.9 Å². The number of likely N-dealkylation sites (N-methyl/N-ethyl adjacent to an activating group) is 1. The minimum absolute atomic E-state index is 0.0474. The zero-order chi connectivity index (χ0) is 35.8. The van der Waals surface area contributed by atoms with Gasteiger partial charge in [-0.05, 0) is 57.8 Å². The summed E-state index contributed by atoms with van der Waals surface area (Å²) in [6, 6.07) is 0. The zero-order valence-corrected chi connectivity index (χ0v) is 31.5. The van der Waals surface area contributed by atoms with Crippen LogP contribution in [0.3, 0.4) is 0 Å². The number of carbonyl (C=O) groups is 2. The van der Waals surface area contributed by atoms with Crippen LogP contribution in [0.1, 0.15) is 117 Å². The highest BCUT2D eigenvalue weighted by Crippen LogP contribution is 2.38. The van der Waals surface area contributed by atoms with Gasteiger partial charge in [-0.3, -0.25) is 14.2 Å². The van der Waals surface area contributed by atoms with Crippen molar-refractivity contribution >= 4 is 19.8 Å². The number of ether oxygens (including phenoxy) is 2. The lowest BCUT2D eigenvalue weighted by atomic mass is 10.1. The van der Waals surface area contributed by atoms with Gasteiger partial charge in [0, 0.05) is 12.8 Å². The predicted molar refractivity (Wildman–Crippen MR) is 194 cm³/mol. The Labute approximate surface area is 292 Å². The smallest absolute Gasteiger partial charge is 0.306 e. The highest BCUT2D eigenvalue weighted by atomic mass is 31.2. The molecule has 2 unspecified atom stereocenters. The van der Waals surface area contributed by atoms with Crippen molar-refractivity contribution in [3.05, 3.63) is 60.8 Å². The first-order valence-electron chi connectivity index (χ1n) is 18.0. The summed E-state index contributed by atoms with van der Waals surface area (Å²) >= 11 is 0. The molecule has 0 aromatic carbocycles. The summed E-state index contributed by atoms with van der Waals surface area (Å²) < 4.78 is 33.5. The van der Waals surface area contributed by atoms with Gasteiger partial charge in [-0.25, -0.2) is 0 Å². The van der Waals surface area contributed by atoms with Crippen molar-refractivity contribution in [2.45, 2.75) is 123 Å². The third-order valence-corrected chi connectivity index (χ3v) is 8.00. The topological polar surface area (TPSA) is 111 Å². The lowest BCUT2D eigenvalue weighted by Gasteiger charge is -2.28. The van der Waals surface area contributed by atoms with Crippen molar-refractivity contribution in [3.63, 3.8) is 0 Å². The Morgan fingerprint density at radius 2 is 1.23 bits per heavy atom. The van der Waals surface area contributed by atoms with E-state index >= 15 is 0 Å². The van der Waals surface area contributed by atoms with Crippen LogP contribution in [-0.2, 0) is 32.7 Å². The van der Waals surface area contributed by atoms with Gasteiger partial charge in [-0.1, -0.05) is 107 Å². The van der Waals surface area contributed by atoms with E-state index in [0.717, 1.165) is 64.2 Å². The van der Waals surface area contributed by atoms with Crippen LogP contribution >= 0.6 is 7.82 Å². The largest absolute Gasteiger partial charge is 0.756 e. The maximum Gasteiger partial charge on any atom is 0.306 e. The molecular formula is C38H66NO8P. The monoisotopic (exact) mass is 695 g/mol. The molecule has 48 heavy (non-hydrogen) atoms. The van der Waals surface area contributed by atoms with Crippen LogP contribution in [0.5, 0.6) is 0 Å². The Morgan fingerprint density at radius 1 is 0.667 bits per heavy atom. The highest BCUT2D eigenvalue weighted by Gasteiger charge is 2.21. The first-order chi connectivity index (χ1) is 23.0. The molecule has 276 valence electrons. The van der Waals surface area contributed by atoms with Crippen molar-refractivity contribution in [2.24, 2.45) is 0 Å². The van der Waals surface area contributed by atoms with E-state index in [1.807, 2.05) is 33.3 Å². The number of esters is 2. The molecule has 0 radical (unpaired) electrons. The van der Waals surface area contributed by atoms with E-state index < -0.39 is 32.5 Å². The number of rotatable bonds is 31. The van der Waals surface area contributed by atoms with Crippen LogP contribution < -0.4 is 4.89 Å². The van der Waals surface area contributed by atoms with Crippen molar-refractivity contribution in [2.75, 3.05) is 47.5 Å². The van der Waals surface area contributed by atoms with Crippen LogP contribution in [0.15, 0.2) is 60.8 Å². The van der Waals surface area contributed by atoms with Crippen molar-refractivity contribution in [3.8, 4) is 0 Å². The van der Waals surface area contributed by atoms with E-state index in [1.165, 1.54) is 12.8 Å². The number of hydrogen-bond acceptors (Lipinski definition) is 8. The maximum atomic E-state index is 12.5. The average Bonchev–Trinajstić information content (AvgIpc) is 3.02. The summed E-state index contributed by atoms with van der Waals surface area (Å²) in [6.45, 7) is 3.93. The van der Waals surface area contributed by atoms with Gasteiger partial charge in [0.1, 0.15) is 19.8 Å². The first kappa shape index (κ1) is 45.7. The van der Waals surface area contributed by atoms with Gasteiger partial charge in [0.2, 0.25) is 0 Å². The molecule has 0 fully saturated rings. The Kier molecular flexibility index (Phi) is 29.3.